The number of ether oxygens (including phenoxy) is 1. The van der Waals surface area contributed by atoms with E-state index in [2.05, 4.69) is 0 Å². The van der Waals surface area contributed by atoms with Crippen LogP contribution in [-0.4, -0.2) is 36.5 Å². The Morgan fingerprint density at radius 3 is 2.83 bits per heavy atom. The molecule has 1 amide bonds. The van der Waals surface area contributed by atoms with Crippen LogP contribution in [0.5, 0.6) is 0 Å². The minimum Gasteiger partial charge on any atom is -0.449 e. The molecular weight excluding hydrogens is 332 g/mol. The number of halogens is 1. The lowest BCUT2D eigenvalue weighted by atomic mass is 10.1. The predicted molar refractivity (Wildman–Crippen MR) is 88.7 cm³/mol. The predicted octanol–water partition coefficient (Wildman–Crippen LogP) is 3.31. The van der Waals surface area contributed by atoms with Gasteiger partial charge in [-0.25, -0.2) is 4.79 Å². The van der Waals surface area contributed by atoms with Crippen LogP contribution in [0.25, 0.3) is 11.0 Å². The highest BCUT2D eigenvalue weighted by atomic mass is 35.5. The first-order valence-electron chi connectivity index (χ1n) is 7.36. The molecule has 0 radical (unpaired) electrons. The number of nitrogens with zero attached hydrogens (tertiary/aromatic N) is 2. The highest BCUT2D eigenvalue weighted by Gasteiger charge is 2.25. The number of hydrogen-bond donors (Lipinski definition) is 0. The third-order valence-corrected chi connectivity index (χ3v) is 3.89. The summed E-state index contributed by atoms with van der Waals surface area (Å²) in [5, 5.41) is 9.81. The summed E-state index contributed by atoms with van der Waals surface area (Å²) in [5.41, 5.74) is 1.13. The summed E-state index contributed by atoms with van der Waals surface area (Å²) in [6.07, 6.45) is -0.760. The van der Waals surface area contributed by atoms with Gasteiger partial charge in [0.25, 0.3) is 5.91 Å². The summed E-state index contributed by atoms with van der Waals surface area (Å²) >= 11 is 5.95. The number of furan rings is 1. The van der Waals surface area contributed by atoms with E-state index < -0.39 is 12.1 Å². The zero-order valence-corrected chi connectivity index (χ0v) is 14.4. The highest BCUT2D eigenvalue weighted by Crippen LogP contribution is 2.28. The fourth-order valence-corrected chi connectivity index (χ4v) is 2.46. The van der Waals surface area contributed by atoms with E-state index in [4.69, 9.17) is 26.0 Å². The standard InChI is InChI=1S/C17H17ClN2O4/c1-10-13-9-12(18)5-6-14(13)24-15(10)17(22)23-11(2)16(21)20(3)8-4-7-19/h5-6,9,11H,4,8H2,1-3H3/t11-/m0/s1. The molecule has 1 aromatic heterocycles. The van der Waals surface area contributed by atoms with Crippen molar-refractivity contribution in [2.75, 3.05) is 13.6 Å². The number of fused-ring (bicyclic) bond motifs is 1. The van der Waals surface area contributed by atoms with Gasteiger partial charge in [-0.3, -0.25) is 4.79 Å². The van der Waals surface area contributed by atoms with Crippen molar-refractivity contribution in [1.29, 1.82) is 5.26 Å². The number of benzene rings is 1. The van der Waals surface area contributed by atoms with E-state index in [-0.39, 0.29) is 24.6 Å². The van der Waals surface area contributed by atoms with E-state index in [0.29, 0.717) is 16.2 Å². The Hall–Kier alpha value is -2.52. The van der Waals surface area contributed by atoms with Crippen molar-refractivity contribution in [2.24, 2.45) is 0 Å². The lowest BCUT2D eigenvalue weighted by Gasteiger charge is -2.20. The number of aryl methyl sites for hydroxylation is 1. The Bertz CT molecular complexity index is 822. The molecule has 1 aromatic carbocycles. The summed E-state index contributed by atoms with van der Waals surface area (Å²) in [5.74, 6) is -1.05. The highest BCUT2D eigenvalue weighted by molar-refractivity contribution is 6.31. The Morgan fingerprint density at radius 2 is 2.17 bits per heavy atom. The molecule has 0 aliphatic rings. The Labute approximate surface area is 144 Å². The molecule has 7 heteroatoms. The van der Waals surface area contributed by atoms with Crippen LogP contribution >= 0.6 is 11.6 Å². The van der Waals surface area contributed by atoms with Crippen LogP contribution in [0.2, 0.25) is 5.02 Å². The molecule has 1 heterocycles. The van der Waals surface area contributed by atoms with E-state index >= 15 is 0 Å². The van der Waals surface area contributed by atoms with E-state index in [1.165, 1.54) is 11.8 Å². The molecule has 0 aliphatic heterocycles. The Morgan fingerprint density at radius 1 is 1.46 bits per heavy atom. The van der Waals surface area contributed by atoms with Gasteiger partial charge in [-0.05, 0) is 32.0 Å². The molecule has 0 saturated carbocycles. The van der Waals surface area contributed by atoms with Crippen molar-refractivity contribution in [1.82, 2.24) is 4.90 Å². The minimum atomic E-state index is -0.975. The van der Waals surface area contributed by atoms with Crippen molar-refractivity contribution < 1.29 is 18.7 Å². The number of nitriles is 1. The third-order valence-electron chi connectivity index (χ3n) is 3.65. The fourth-order valence-electron chi connectivity index (χ4n) is 2.29. The molecule has 1 atom stereocenters. The second-order valence-electron chi connectivity index (χ2n) is 5.41. The maximum atomic E-state index is 12.3. The van der Waals surface area contributed by atoms with Crippen LogP contribution in [0.15, 0.2) is 22.6 Å². The molecule has 2 aromatic rings. The van der Waals surface area contributed by atoms with Crippen LogP contribution in [0.4, 0.5) is 0 Å². The van der Waals surface area contributed by atoms with E-state index in [1.54, 1.807) is 32.2 Å². The van der Waals surface area contributed by atoms with Gasteiger partial charge in [0.1, 0.15) is 5.58 Å². The van der Waals surface area contributed by atoms with Gasteiger partial charge in [-0.1, -0.05) is 11.6 Å². The number of carbonyl (C=O) groups is 2. The van der Waals surface area contributed by atoms with Gasteiger partial charge in [0.05, 0.1) is 12.5 Å². The molecule has 126 valence electrons. The molecule has 0 bridgehead atoms. The first-order chi connectivity index (χ1) is 11.3. The third kappa shape index (κ3) is 3.69. The van der Waals surface area contributed by atoms with Gasteiger partial charge < -0.3 is 14.1 Å². The number of hydrogen-bond acceptors (Lipinski definition) is 5. The van der Waals surface area contributed by atoms with Crippen molar-refractivity contribution >= 4 is 34.4 Å². The molecular formula is C17H17ClN2O4. The van der Waals surface area contributed by atoms with E-state index in [1.807, 2.05) is 6.07 Å². The topological polar surface area (TPSA) is 83.5 Å². The summed E-state index contributed by atoms with van der Waals surface area (Å²) in [7, 11) is 1.55. The fraction of sp³-hybridized carbons (Fsp3) is 0.353. The monoisotopic (exact) mass is 348 g/mol. The number of rotatable bonds is 5. The van der Waals surface area contributed by atoms with E-state index in [0.717, 1.165) is 5.39 Å². The minimum absolute atomic E-state index is 0.0478. The number of likely N-dealkylation sites (N-methyl/N-ethyl adjacent to an activating group) is 1. The van der Waals surface area contributed by atoms with Crippen LogP contribution in [0, 0.1) is 18.3 Å². The van der Waals surface area contributed by atoms with Crippen molar-refractivity contribution in [2.45, 2.75) is 26.4 Å². The molecule has 0 fully saturated rings. The van der Waals surface area contributed by atoms with Crippen molar-refractivity contribution in [3.63, 3.8) is 0 Å². The first-order valence-corrected chi connectivity index (χ1v) is 7.74. The summed E-state index contributed by atoms with van der Waals surface area (Å²) in [6, 6.07) is 7.00. The van der Waals surface area contributed by atoms with Crippen LogP contribution < -0.4 is 0 Å². The zero-order chi connectivity index (χ0) is 17.9. The quantitative estimate of drug-likeness (QED) is 0.774. The second-order valence-corrected chi connectivity index (χ2v) is 5.85. The van der Waals surface area contributed by atoms with Crippen molar-refractivity contribution in [3.8, 4) is 6.07 Å². The summed E-state index contributed by atoms with van der Waals surface area (Å²) < 4.78 is 10.7. The maximum absolute atomic E-state index is 12.3. The SMILES string of the molecule is Cc1c(C(=O)O[C@@H](C)C(=O)N(C)CCC#N)oc2ccc(Cl)cc12. The Balaban J connectivity index is 2.14. The smallest absolute Gasteiger partial charge is 0.375 e. The van der Waals surface area contributed by atoms with Gasteiger partial charge in [0, 0.05) is 29.6 Å². The normalized spacial score (nSPS) is 11.8. The molecule has 2 rings (SSSR count). The lowest BCUT2D eigenvalue weighted by molar-refractivity contribution is -0.138. The molecule has 0 spiro atoms. The Kier molecular flexibility index (Phi) is 5.47. The zero-order valence-electron chi connectivity index (χ0n) is 13.6. The lowest BCUT2D eigenvalue weighted by Crippen LogP contribution is -2.37. The summed E-state index contributed by atoms with van der Waals surface area (Å²) in [4.78, 5) is 25.8. The van der Waals surface area contributed by atoms with Crippen LogP contribution in [-0.2, 0) is 9.53 Å². The molecule has 0 unspecified atom stereocenters. The largest absolute Gasteiger partial charge is 0.449 e. The van der Waals surface area contributed by atoms with Crippen LogP contribution in [0.3, 0.4) is 0 Å². The summed E-state index contributed by atoms with van der Waals surface area (Å²) in [6.45, 7) is 3.49. The second kappa shape index (κ2) is 7.37. The number of amides is 1. The van der Waals surface area contributed by atoms with Gasteiger partial charge in [-0.2, -0.15) is 5.26 Å². The molecule has 24 heavy (non-hydrogen) atoms. The van der Waals surface area contributed by atoms with Gasteiger partial charge in [-0.15, -0.1) is 0 Å². The average Bonchev–Trinajstić information content (AvgIpc) is 2.88. The van der Waals surface area contributed by atoms with Gasteiger partial charge in [0.15, 0.2) is 6.10 Å². The average molecular weight is 349 g/mol. The van der Waals surface area contributed by atoms with Gasteiger partial charge >= 0.3 is 5.97 Å². The number of carbonyl (C=O) groups excluding carboxylic acids is 2. The number of esters is 1. The molecule has 0 N–H and O–H groups in total. The molecule has 0 aliphatic carbocycles. The van der Waals surface area contributed by atoms with Crippen LogP contribution in [0.1, 0.15) is 29.5 Å². The van der Waals surface area contributed by atoms with E-state index in [9.17, 15) is 9.59 Å². The first kappa shape index (κ1) is 17.8. The maximum Gasteiger partial charge on any atom is 0.375 e. The van der Waals surface area contributed by atoms with Gasteiger partial charge in [0.2, 0.25) is 5.76 Å². The molecule has 0 saturated heterocycles. The van der Waals surface area contributed by atoms with Crippen molar-refractivity contribution in [3.05, 3.63) is 34.5 Å². The molecule has 6 nitrogen and oxygen atoms in total.